The van der Waals surface area contributed by atoms with Crippen LogP contribution in [0.4, 0.5) is 14.5 Å². The first-order valence-corrected chi connectivity index (χ1v) is 9.43. The Labute approximate surface area is 160 Å². The molecule has 0 saturated heterocycles. The van der Waals surface area contributed by atoms with E-state index in [1.54, 1.807) is 0 Å². The first kappa shape index (κ1) is 19.0. The number of nitrogens with one attached hydrogen (secondary N) is 1. The van der Waals surface area contributed by atoms with Gasteiger partial charge in [0, 0.05) is 11.8 Å². The van der Waals surface area contributed by atoms with E-state index in [-0.39, 0.29) is 18.0 Å². The van der Waals surface area contributed by atoms with Crippen molar-refractivity contribution in [2.24, 2.45) is 5.73 Å². The number of thiophene rings is 1. The molecular formula is C16H13F2N5O2S2. The second kappa shape index (κ2) is 8.27. The molecule has 0 aliphatic rings. The highest BCUT2D eigenvalue weighted by Gasteiger charge is 2.18. The Morgan fingerprint density at radius 2 is 2.04 bits per heavy atom. The van der Waals surface area contributed by atoms with Crippen LogP contribution in [-0.2, 0) is 16.1 Å². The Morgan fingerprint density at radius 3 is 2.70 bits per heavy atom. The lowest BCUT2D eigenvalue weighted by Gasteiger charge is -2.08. The van der Waals surface area contributed by atoms with Crippen LogP contribution in [0, 0.1) is 11.6 Å². The largest absolute Gasteiger partial charge is 0.368 e. The number of halogens is 2. The third-order valence-electron chi connectivity index (χ3n) is 3.31. The fraction of sp³-hybridized carbons (Fsp3) is 0.125. The van der Waals surface area contributed by atoms with Gasteiger partial charge in [0.05, 0.1) is 10.6 Å². The molecule has 140 valence electrons. The van der Waals surface area contributed by atoms with Crippen LogP contribution in [0.1, 0.15) is 0 Å². The third-order valence-corrected chi connectivity index (χ3v) is 5.14. The van der Waals surface area contributed by atoms with E-state index < -0.39 is 23.4 Å². The second-order valence-electron chi connectivity index (χ2n) is 5.30. The lowest BCUT2D eigenvalue weighted by molar-refractivity contribution is -0.118. The zero-order valence-corrected chi connectivity index (χ0v) is 15.3. The van der Waals surface area contributed by atoms with Gasteiger partial charge in [0.25, 0.3) is 0 Å². The van der Waals surface area contributed by atoms with E-state index in [1.165, 1.54) is 22.0 Å². The molecule has 0 radical (unpaired) electrons. The monoisotopic (exact) mass is 409 g/mol. The highest BCUT2D eigenvalue weighted by molar-refractivity contribution is 7.99. The first-order valence-electron chi connectivity index (χ1n) is 7.57. The van der Waals surface area contributed by atoms with E-state index in [0.29, 0.717) is 11.0 Å². The number of thioether (sulfide) groups is 1. The average Bonchev–Trinajstić information content (AvgIpc) is 3.26. The number of anilines is 1. The molecular weight excluding hydrogens is 396 g/mol. The molecule has 3 N–H and O–H groups in total. The number of amides is 2. The van der Waals surface area contributed by atoms with Crippen LogP contribution in [0.25, 0.3) is 10.7 Å². The molecule has 0 aliphatic heterocycles. The molecule has 2 amide bonds. The Bertz CT molecular complexity index is 975. The number of rotatable bonds is 7. The topological polar surface area (TPSA) is 103 Å². The van der Waals surface area contributed by atoms with Crippen LogP contribution in [0.15, 0.2) is 40.9 Å². The van der Waals surface area contributed by atoms with Crippen LogP contribution < -0.4 is 11.1 Å². The zero-order valence-electron chi connectivity index (χ0n) is 13.7. The Hall–Kier alpha value is -2.79. The van der Waals surface area contributed by atoms with Gasteiger partial charge in [-0.1, -0.05) is 17.8 Å². The van der Waals surface area contributed by atoms with E-state index in [9.17, 15) is 18.4 Å². The Balaban J connectivity index is 1.70. The van der Waals surface area contributed by atoms with Crippen LogP contribution in [0.2, 0.25) is 0 Å². The van der Waals surface area contributed by atoms with Crippen molar-refractivity contribution in [1.29, 1.82) is 0 Å². The number of nitrogens with two attached hydrogens (primary N) is 1. The van der Waals surface area contributed by atoms with Crippen molar-refractivity contribution in [3.63, 3.8) is 0 Å². The van der Waals surface area contributed by atoms with Crippen LogP contribution in [0.3, 0.4) is 0 Å². The average molecular weight is 409 g/mol. The van der Waals surface area contributed by atoms with Gasteiger partial charge >= 0.3 is 0 Å². The molecule has 0 aliphatic carbocycles. The highest BCUT2D eigenvalue weighted by Crippen LogP contribution is 2.27. The number of benzene rings is 1. The fourth-order valence-electron chi connectivity index (χ4n) is 2.18. The minimum Gasteiger partial charge on any atom is -0.368 e. The van der Waals surface area contributed by atoms with Crippen LogP contribution >= 0.6 is 23.1 Å². The number of carbonyl (C=O) groups is 2. The standard InChI is InChI=1S/C16H13F2N5O2S2/c17-10-4-3-9(6-11(10)18)20-14(25)8-27-16-22-21-15(12-2-1-5-26-12)23(16)7-13(19)24/h1-6H,7-8H2,(H2,19,24)(H,20,25). The van der Waals surface area contributed by atoms with Crippen LogP contribution in [0.5, 0.6) is 0 Å². The minimum absolute atomic E-state index is 0.0691. The predicted octanol–water partition coefficient (Wildman–Crippen LogP) is 2.50. The van der Waals surface area contributed by atoms with Crippen LogP contribution in [-0.4, -0.2) is 32.3 Å². The van der Waals surface area contributed by atoms with E-state index in [2.05, 4.69) is 15.5 Å². The summed E-state index contributed by atoms with van der Waals surface area (Å²) < 4.78 is 27.7. The molecule has 0 fully saturated rings. The molecule has 7 nitrogen and oxygen atoms in total. The van der Waals surface area contributed by atoms with Crippen molar-refractivity contribution in [2.75, 3.05) is 11.1 Å². The molecule has 0 atom stereocenters. The lowest BCUT2D eigenvalue weighted by Crippen LogP contribution is -2.20. The van der Waals surface area contributed by atoms with Gasteiger partial charge in [0.15, 0.2) is 22.6 Å². The number of hydrogen-bond acceptors (Lipinski definition) is 6. The number of nitrogens with zero attached hydrogens (tertiary/aromatic N) is 3. The van der Waals surface area contributed by atoms with Crippen molar-refractivity contribution in [3.05, 3.63) is 47.3 Å². The van der Waals surface area contributed by atoms with Gasteiger partial charge in [0.2, 0.25) is 11.8 Å². The summed E-state index contributed by atoms with van der Waals surface area (Å²) in [5.41, 5.74) is 5.43. The number of carbonyl (C=O) groups excluding carboxylic acids is 2. The van der Waals surface area contributed by atoms with Crippen molar-refractivity contribution >= 4 is 40.6 Å². The fourth-order valence-corrected chi connectivity index (χ4v) is 3.64. The van der Waals surface area contributed by atoms with Gasteiger partial charge in [-0.25, -0.2) is 8.78 Å². The van der Waals surface area contributed by atoms with Gasteiger partial charge in [-0.05, 0) is 23.6 Å². The minimum atomic E-state index is -1.05. The maximum absolute atomic E-state index is 13.2. The molecule has 2 heterocycles. The summed E-state index contributed by atoms with van der Waals surface area (Å²) in [7, 11) is 0. The van der Waals surface area contributed by atoms with Crippen molar-refractivity contribution in [2.45, 2.75) is 11.7 Å². The van der Waals surface area contributed by atoms with Crippen molar-refractivity contribution in [1.82, 2.24) is 14.8 Å². The molecule has 2 aromatic heterocycles. The smallest absolute Gasteiger partial charge is 0.237 e. The zero-order chi connectivity index (χ0) is 19.4. The summed E-state index contributed by atoms with van der Waals surface area (Å²) >= 11 is 2.48. The number of primary amides is 1. The van der Waals surface area contributed by atoms with Gasteiger partial charge in [-0.3, -0.25) is 14.2 Å². The van der Waals surface area contributed by atoms with E-state index in [0.717, 1.165) is 28.8 Å². The quantitative estimate of drug-likeness (QED) is 0.584. The number of aromatic nitrogens is 3. The lowest BCUT2D eigenvalue weighted by atomic mass is 10.3. The van der Waals surface area contributed by atoms with Gasteiger partial charge in [-0.15, -0.1) is 21.5 Å². The molecule has 3 aromatic rings. The normalized spacial score (nSPS) is 10.7. The molecule has 0 saturated carbocycles. The highest BCUT2D eigenvalue weighted by atomic mass is 32.2. The summed E-state index contributed by atoms with van der Waals surface area (Å²) in [6.45, 7) is -0.132. The third kappa shape index (κ3) is 4.68. The maximum atomic E-state index is 13.2. The summed E-state index contributed by atoms with van der Waals surface area (Å²) in [4.78, 5) is 24.2. The van der Waals surface area contributed by atoms with Crippen molar-refractivity contribution in [3.8, 4) is 10.7 Å². The van der Waals surface area contributed by atoms with Gasteiger partial charge in [-0.2, -0.15) is 0 Å². The summed E-state index contributed by atoms with van der Waals surface area (Å²) in [6, 6.07) is 6.74. The molecule has 3 rings (SSSR count). The van der Waals surface area contributed by atoms with Gasteiger partial charge in [0.1, 0.15) is 6.54 Å². The maximum Gasteiger partial charge on any atom is 0.237 e. The summed E-state index contributed by atoms with van der Waals surface area (Å²) in [5.74, 6) is -2.66. The van der Waals surface area contributed by atoms with E-state index in [4.69, 9.17) is 5.73 Å². The van der Waals surface area contributed by atoms with E-state index in [1.807, 2.05) is 17.5 Å². The second-order valence-corrected chi connectivity index (χ2v) is 7.19. The SMILES string of the molecule is NC(=O)Cn1c(SCC(=O)Nc2ccc(F)c(F)c2)nnc1-c1cccs1. The van der Waals surface area contributed by atoms with Crippen molar-refractivity contribution < 1.29 is 18.4 Å². The van der Waals surface area contributed by atoms with E-state index >= 15 is 0 Å². The molecule has 1 aromatic carbocycles. The Morgan fingerprint density at radius 1 is 1.22 bits per heavy atom. The molecule has 0 spiro atoms. The summed E-state index contributed by atoms with van der Waals surface area (Å²) in [6.07, 6.45) is 0. The Kier molecular flexibility index (Phi) is 5.81. The molecule has 0 unspecified atom stereocenters. The number of hydrogen-bond donors (Lipinski definition) is 2. The first-order chi connectivity index (χ1) is 12.9. The summed E-state index contributed by atoms with van der Waals surface area (Å²) in [5, 5.41) is 12.8. The molecule has 0 bridgehead atoms. The van der Waals surface area contributed by atoms with Gasteiger partial charge < -0.3 is 11.1 Å². The molecule has 27 heavy (non-hydrogen) atoms. The predicted molar refractivity (Wildman–Crippen MR) is 98.2 cm³/mol. The molecule has 11 heteroatoms.